The van der Waals surface area contributed by atoms with Gasteiger partial charge in [-0.2, -0.15) is 0 Å². The summed E-state index contributed by atoms with van der Waals surface area (Å²) in [6.45, 7) is 8.56. The Hall–Kier alpha value is -1.30. The number of nitrogens with zero attached hydrogens (tertiary/aromatic N) is 4. The summed E-state index contributed by atoms with van der Waals surface area (Å²) < 4.78 is 0. The highest BCUT2D eigenvalue weighted by Gasteiger charge is 2.42. The third-order valence-corrected chi connectivity index (χ3v) is 5.97. The van der Waals surface area contributed by atoms with Crippen LogP contribution >= 0.6 is 11.3 Å². The molecular weight excluding hydrogens is 304 g/mol. The van der Waals surface area contributed by atoms with Crippen LogP contribution in [-0.2, 0) is 13.1 Å². The Morgan fingerprint density at radius 2 is 1.70 bits per heavy atom. The van der Waals surface area contributed by atoms with E-state index in [1.54, 1.807) is 11.3 Å². The molecule has 0 bridgehead atoms. The van der Waals surface area contributed by atoms with E-state index in [-0.39, 0.29) is 0 Å². The van der Waals surface area contributed by atoms with Crippen molar-refractivity contribution in [2.45, 2.75) is 51.9 Å². The van der Waals surface area contributed by atoms with Crippen LogP contribution in [0.15, 0.2) is 23.6 Å². The van der Waals surface area contributed by atoms with E-state index in [0.29, 0.717) is 12.1 Å². The molecule has 0 unspecified atom stereocenters. The summed E-state index contributed by atoms with van der Waals surface area (Å²) in [5.74, 6) is 0. The predicted molar refractivity (Wildman–Crippen MR) is 93.5 cm³/mol. The van der Waals surface area contributed by atoms with E-state index in [0.717, 1.165) is 18.8 Å². The monoisotopic (exact) mass is 328 g/mol. The van der Waals surface area contributed by atoms with Crippen LogP contribution in [-0.4, -0.2) is 44.9 Å². The first-order valence-corrected chi connectivity index (χ1v) is 9.38. The Labute approximate surface area is 142 Å². The van der Waals surface area contributed by atoms with Crippen molar-refractivity contribution < 1.29 is 0 Å². The number of thiazole rings is 1. The van der Waals surface area contributed by atoms with Crippen molar-refractivity contribution >= 4 is 11.3 Å². The molecule has 2 fully saturated rings. The van der Waals surface area contributed by atoms with Gasteiger partial charge in [-0.3, -0.25) is 14.8 Å². The summed E-state index contributed by atoms with van der Waals surface area (Å²) in [5, 5.41) is 3.39. The molecule has 122 valence electrons. The maximum Gasteiger partial charge on any atom is 0.0897 e. The average molecular weight is 328 g/mol. The highest BCUT2D eigenvalue weighted by molar-refractivity contribution is 7.09. The quantitative estimate of drug-likeness (QED) is 0.864. The zero-order valence-corrected chi connectivity index (χ0v) is 14.7. The minimum Gasteiger partial charge on any atom is -0.293 e. The Morgan fingerprint density at radius 1 is 1.00 bits per heavy atom. The maximum absolute atomic E-state index is 4.68. The topological polar surface area (TPSA) is 32.3 Å². The molecule has 0 saturated carbocycles. The second kappa shape index (κ2) is 6.30. The van der Waals surface area contributed by atoms with E-state index in [1.165, 1.54) is 42.3 Å². The fourth-order valence-electron chi connectivity index (χ4n) is 4.14. The Morgan fingerprint density at radius 3 is 2.30 bits per heavy atom. The molecule has 2 aliphatic heterocycles. The molecule has 0 aromatic carbocycles. The molecule has 0 amide bonds. The third kappa shape index (κ3) is 3.18. The van der Waals surface area contributed by atoms with Crippen molar-refractivity contribution in [3.8, 4) is 0 Å². The first-order chi connectivity index (χ1) is 11.2. The van der Waals surface area contributed by atoms with Gasteiger partial charge < -0.3 is 0 Å². The van der Waals surface area contributed by atoms with Crippen molar-refractivity contribution in [3.05, 3.63) is 45.7 Å². The lowest BCUT2D eigenvalue weighted by atomic mass is 10.1. The first kappa shape index (κ1) is 15.2. The molecule has 0 spiro atoms. The van der Waals surface area contributed by atoms with Crippen molar-refractivity contribution in [3.63, 3.8) is 0 Å². The van der Waals surface area contributed by atoms with Crippen LogP contribution in [0.4, 0.5) is 0 Å². The summed E-state index contributed by atoms with van der Waals surface area (Å²) in [4.78, 5) is 14.6. The Balaban J connectivity index is 1.41. The molecule has 2 atom stereocenters. The van der Waals surface area contributed by atoms with Gasteiger partial charge in [0.1, 0.15) is 0 Å². The fraction of sp³-hybridized carbons (Fsp3) is 0.556. The molecule has 2 aliphatic rings. The molecule has 4 nitrogen and oxygen atoms in total. The molecule has 2 aromatic heterocycles. The lowest BCUT2D eigenvalue weighted by molar-refractivity contribution is 0.210. The largest absolute Gasteiger partial charge is 0.293 e. The number of aromatic nitrogens is 2. The number of fused-ring (bicyclic) bond motifs is 1. The molecule has 0 N–H and O–H groups in total. The highest BCUT2D eigenvalue weighted by Crippen LogP contribution is 2.33. The van der Waals surface area contributed by atoms with Gasteiger partial charge in [0.15, 0.2) is 0 Å². The first-order valence-electron chi connectivity index (χ1n) is 8.51. The van der Waals surface area contributed by atoms with E-state index in [9.17, 15) is 0 Å². The number of hydrogen-bond donors (Lipinski definition) is 0. The Kier molecular flexibility index (Phi) is 4.18. The summed E-state index contributed by atoms with van der Waals surface area (Å²) in [6.07, 6.45) is 2.55. The molecule has 0 radical (unpaired) electrons. The van der Waals surface area contributed by atoms with Crippen LogP contribution in [0.5, 0.6) is 0 Å². The zero-order chi connectivity index (χ0) is 15.8. The van der Waals surface area contributed by atoms with Crippen molar-refractivity contribution in [1.82, 2.24) is 19.8 Å². The van der Waals surface area contributed by atoms with Crippen LogP contribution in [0, 0.1) is 13.8 Å². The van der Waals surface area contributed by atoms with E-state index in [2.05, 4.69) is 57.2 Å². The normalized spacial score (nSPS) is 25.1. The van der Waals surface area contributed by atoms with Gasteiger partial charge in [0.2, 0.25) is 0 Å². The second-order valence-electron chi connectivity index (χ2n) is 6.78. The molecule has 0 aliphatic carbocycles. The van der Waals surface area contributed by atoms with E-state index >= 15 is 0 Å². The Bertz CT molecular complexity index is 683. The molecule has 5 heteroatoms. The van der Waals surface area contributed by atoms with Gasteiger partial charge in [-0.05, 0) is 38.8 Å². The predicted octanol–water partition coefficient (Wildman–Crippen LogP) is 3.00. The third-order valence-electron chi connectivity index (χ3n) is 5.15. The number of aryl methyl sites for hydroxylation is 2. The van der Waals surface area contributed by atoms with Crippen LogP contribution in [0.1, 0.15) is 34.9 Å². The van der Waals surface area contributed by atoms with Crippen LogP contribution in [0.3, 0.4) is 0 Å². The number of rotatable bonds is 4. The van der Waals surface area contributed by atoms with Gasteiger partial charge >= 0.3 is 0 Å². The standard InChI is InChI=1S/C18H24N4S/c1-13-4-3-5-15(19-13)10-21-8-6-18-17(21)7-9-22(18)11-16-12-23-14(2)20-16/h3-5,12,17-18H,6-11H2,1-2H3/t17-,18-/m0/s1. The summed E-state index contributed by atoms with van der Waals surface area (Å²) in [6, 6.07) is 7.74. The van der Waals surface area contributed by atoms with Crippen molar-refractivity contribution in [1.29, 1.82) is 0 Å². The van der Waals surface area contributed by atoms with E-state index in [1.807, 2.05) is 0 Å². The highest BCUT2D eigenvalue weighted by atomic mass is 32.1. The molecule has 2 aromatic rings. The smallest absolute Gasteiger partial charge is 0.0897 e. The minimum absolute atomic E-state index is 0.692. The van der Waals surface area contributed by atoms with E-state index in [4.69, 9.17) is 0 Å². The lowest BCUT2D eigenvalue weighted by Crippen LogP contribution is -2.36. The van der Waals surface area contributed by atoms with Crippen LogP contribution in [0.25, 0.3) is 0 Å². The number of hydrogen-bond acceptors (Lipinski definition) is 5. The summed E-state index contributed by atoms with van der Waals surface area (Å²) in [7, 11) is 0. The average Bonchev–Trinajstić information content (AvgIpc) is 3.20. The van der Waals surface area contributed by atoms with Gasteiger partial charge in [0, 0.05) is 49.3 Å². The maximum atomic E-state index is 4.68. The summed E-state index contributed by atoms with van der Waals surface area (Å²) in [5.41, 5.74) is 3.57. The minimum atomic E-state index is 0.692. The summed E-state index contributed by atoms with van der Waals surface area (Å²) >= 11 is 1.76. The molecule has 23 heavy (non-hydrogen) atoms. The van der Waals surface area contributed by atoms with Gasteiger partial charge in [0.05, 0.1) is 16.4 Å². The molecule has 4 rings (SSSR count). The van der Waals surface area contributed by atoms with Gasteiger partial charge in [-0.1, -0.05) is 6.07 Å². The SMILES string of the molecule is Cc1cccc(CN2CC[C@H]3[C@@H]2CCN3Cc2csc(C)n2)n1. The molecular formula is C18H24N4S. The zero-order valence-electron chi connectivity index (χ0n) is 13.9. The molecule has 4 heterocycles. The second-order valence-corrected chi connectivity index (χ2v) is 7.84. The van der Waals surface area contributed by atoms with Gasteiger partial charge in [-0.15, -0.1) is 11.3 Å². The van der Waals surface area contributed by atoms with Gasteiger partial charge in [-0.25, -0.2) is 4.98 Å². The number of likely N-dealkylation sites (tertiary alicyclic amines) is 2. The van der Waals surface area contributed by atoms with Crippen molar-refractivity contribution in [2.24, 2.45) is 0 Å². The van der Waals surface area contributed by atoms with Crippen LogP contribution < -0.4 is 0 Å². The fourth-order valence-corrected chi connectivity index (χ4v) is 4.75. The number of pyridine rings is 1. The van der Waals surface area contributed by atoms with E-state index < -0.39 is 0 Å². The van der Waals surface area contributed by atoms with Gasteiger partial charge in [0.25, 0.3) is 0 Å². The van der Waals surface area contributed by atoms with Crippen molar-refractivity contribution in [2.75, 3.05) is 13.1 Å². The van der Waals surface area contributed by atoms with Crippen LogP contribution in [0.2, 0.25) is 0 Å². The lowest BCUT2D eigenvalue weighted by Gasteiger charge is -2.25. The molecule has 2 saturated heterocycles.